The minimum atomic E-state index is -3.71. The monoisotopic (exact) mass is 323 g/mol. The Morgan fingerprint density at radius 3 is 2.76 bits per heavy atom. The van der Waals surface area contributed by atoms with Crippen LogP contribution in [-0.4, -0.2) is 30.2 Å². The molecule has 1 aromatic heterocycles. The van der Waals surface area contributed by atoms with E-state index in [0.717, 1.165) is 16.9 Å². The van der Waals surface area contributed by atoms with Gasteiger partial charge in [0.05, 0.1) is 17.7 Å². The summed E-state index contributed by atoms with van der Waals surface area (Å²) in [6, 6.07) is 7.19. The zero-order valence-corrected chi connectivity index (χ0v) is 12.9. The van der Waals surface area contributed by atoms with E-state index >= 15 is 0 Å². The van der Waals surface area contributed by atoms with Crippen LogP contribution in [-0.2, 0) is 21.4 Å². The molecule has 0 aliphatic carbocycles. The lowest BCUT2D eigenvalue weighted by atomic mass is 10.2. The Labute approximate surface area is 126 Å². The van der Waals surface area contributed by atoms with Gasteiger partial charge in [-0.15, -0.1) is 11.3 Å². The van der Waals surface area contributed by atoms with E-state index in [4.69, 9.17) is 0 Å². The molecular weight excluding hydrogens is 310 g/mol. The number of amides is 1. The molecule has 1 aliphatic heterocycles. The van der Waals surface area contributed by atoms with Gasteiger partial charge in [-0.3, -0.25) is 4.79 Å². The molecule has 2 aromatic rings. The van der Waals surface area contributed by atoms with Gasteiger partial charge in [0, 0.05) is 12.2 Å². The molecule has 3 rings (SSSR count). The third kappa shape index (κ3) is 2.69. The topological polar surface area (TPSA) is 79.4 Å². The van der Waals surface area contributed by atoms with Crippen LogP contribution >= 0.6 is 11.3 Å². The van der Waals surface area contributed by atoms with E-state index in [9.17, 15) is 13.2 Å². The molecule has 110 valence electrons. The van der Waals surface area contributed by atoms with Crippen molar-refractivity contribution in [1.29, 1.82) is 0 Å². The van der Waals surface area contributed by atoms with Crippen LogP contribution in [0, 0.1) is 6.92 Å². The summed E-state index contributed by atoms with van der Waals surface area (Å²) in [5.74, 6) is -0.343. The van der Waals surface area contributed by atoms with Crippen LogP contribution in [0.1, 0.15) is 10.6 Å². The van der Waals surface area contributed by atoms with Crippen molar-refractivity contribution in [1.82, 2.24) is 9.29 Å². The van der Waals surface area contributed by atoms with Gasteiger partial charge in [-0.2, -0.15) is 4.31 Å². The molecule has 0 bridgehead atoms. The van der Waals surface area contributed by atoms with Crippen LogP contribution in [0.4, 0.5) is 5.69 Å². The van der Waals surface area contributed by atoms with Gasteiger partial charge in [-0.1, -0.05) is 18.2 Å². The summed E-state index contributed by atoms with van der Waals surface area (Å²) < 4.78 is 26.6. The summed E-state index contributed by atoms with van der Waals surface area (Å²) in [5, 5.41) is 3.40. The first kappa shape index (κ1) is 14.2. The summed E-state index contributed by atoms with van der Waals surface area (Å²) in [4.78, 5) is 15.9. The molecule has 6 nitrogen and oxygen atoms in total. The highest BCUT2D eigenvalue weighted by atomic mass is 32.2. The van der Waals surface area contributed by atoms with Crippen molar-refractivity contribution in [3.05, 3.63) is 41.0 Å². The van der Waals surface area contributed by atoms with Crippen LogP contribution in [0.25, 0.3) is 0 Å². The molecule has 2 heterocycles. The first-order valence-electron chi connectivity index (χ1n) is 6.27. The number of carbonyl (C=O) groups is 1. The number of fused-ring (bicyclic) bond motifs is 1. The van der Waals surface area contributed by atoms with Gasteiger partial charge in [0.2, 0.25) is 5.91 Å². The first-order chi connectivity index (χ1) is 9.96. The molecule has 0 fully saturated rings. The Bertz CT molecular complexity index is 798. The highest BCUT2D eigenvalue weighted by Gasteiger charge is 2.31. The molecule has 8 heteroatoms. The predicted molar refractivity (Wildman–Crippen MR) is 79.5 cm³/mol. The van der Waals surface area contributed by atoms with Gasteiger partial charge in [-0.25, -0.2) is 13.4 Å². The number of aromatic nitrogens is 1. The lowest BCUT2D eigenvalue weighted by Gasteiger charge is -2.17. The number of hydrogen-bond acceptors (Lipinski definition) is 5. The lowest BCUT2D eigenvalue weighted by molar-refractivity contribution is -0.116. The molecule has 0 atom stereocenters. The lowest BCUT2D eigenvalue weighted by Crippen LogP contribution is -2.34. The Balaban J connectivity index is 2.01. The van der Waals surface area contributed by atoms with Crippen LogP contribution in [0.2, 0.25) is 0 Å². The number of aryl methyl sites for hydroxylation is 1. The summed E-state index contributed by atoms with van der Waals surface area (Å²) in [5.41, 5.74) is 1.42. The zero-order chi connectivity index (χ0) is 15.0. The maximum absolute atomic E-state index is 12.6. The number of para-hydroxylation sites is 1. The van der Waals surface area contributed by atoms with Gasteiger partial charge >= 0.3 is 0 Å². The normalized spacial score (nSPS) is 16.1. The van der Waals surface area contributed by atoms with E-state index in [1.54, 1.807) is 25.1 Å². The molecule has 21 heavy (non-hydrogen) atoms. The molecule has 0 radical (unpaired) electrons. The molecule has 1 N–H and O–H groups in total. The van der Waals surface area contributed by atoms with E-state index in [1.807, 2.05) is 6.07 Å². The van der Waals surface area contributed by atoms with Crippen molar-refractivity contribution in [2.75, 3.05) is 11.9 Å². The number of thiazole rings is 1. The molecule has 0 saturated heterocycles. The molecule has 1 aliphatic rings. The molecule has 0 saturated carbocycles. The molecule has 0 unspecified atom stereocenters. The van der Waals surface area contributed by atoms with E-state index in [0.29, 0.717) is 10.7 Å². The van der Waals surface area contributed by atoms with Gasteiger partial charge in [0.25, 0.3) is 10.0 Å². The maximum Gasteiger partial charge on any atom is 0.254 e. The molecular formula is C13H13N3O3S2. The number of sulfonamides is 1. The number of benzene rings is 1. The van der Waals surface area contributed by atoms with E-state index in [2.05, 4.69) is 10.3 Å². The Morgan fingerprint density at radius 2 is 2.05 bits per heavy atom. The SMILES string of the molecule is Cc1ncc(S(=O)(=O)N2CC(=O)Nc3ccccc3C2)s1. The van der Waals surface area contributed by atoms with Crippen molar-refractivity contribution in [3.8, 4) is 0 Å². The Morgan fingerprint density at radius 1 is 1.29 bits per heavy atom. The third-order valence-electron chi connectivity index (χ3n) is 3.15. The number of nitrogens with one attached hydrogen (secondary N) is 1. The average molecular weight is 323 g/mol. The fraction of sp³-hybridized carbons (Fsp3) is 0.231. The molecule has 1 aromatic carbocycles. The third-order valence-corrected chi connectivity index (χ3v) is 6.29. The van der Waals surface area contributed by atoms with Crippen molar-refractivity contribution in [2.45, 2.75) is 17.7 Å². The van der Waals surface area contributed by atoms with Crippen LogP contribution in [0.3, 0.4) is 0 Å². The fourth-order valence-corrected chi connectivity index (χ4v) is 4.77. The zero-order valence-electron chi connectivity index (χ0n) is 11.2. The number of rotatable bonds is 2. The van der Waals surface area contributed by atoms with E-state index in [1.165, 1.54) is 10.5 Å². The van der Waals surface area contributed by atoms with E-state index < -0.39 is 10.0 Å². The molecule has 1 amide bonds. The largest absolute Gasteiger partial charge is 0.325 e. The van der Waals surface area contributed by atoms with Crippen molar-refractivity contribution >= 4 is 33.0 Å². The number of hydrogen-bond donors (Lipinski definition) is 1. The Kier molecular flexibility index (Phi) is 3.52. The highest BCUT2D eigenvalue weighted by molar-refractivity contribution is 7.91. The van der Waals surface area contributed by atoms with Crippen molar-refractivity contribution in [2.24, 2.45) is 0 Å². The minimum Gasteiger partial charge on any atom is -0.325 e. The summed E-state index contributed by atoms with van der Waals surface area (Å²) in [6.07, 6.45) is 1.34. The number of carbonyl (C=O) groups excluding carboxylic acids is 1. The number of nitrogens with zero attached hydrogens (tertiary/aromatic N) is 2. The first-order valence-corrected chi connectivity index (χ1v) is 8.53. The van der Waals surface area contributed by atoms with Gasteiger partial charge in [-0.05, 0) is 18.6 Å². The highest BCUT2D eigenvalue weighted by Crippen LogP contribution is 2.27. The standard InChI is InChI=1S/C13H13N3O3S2/c1-9-14-6-13(20-9)21(18,19)16-7-10-4-2-3-5-11(10)15-12(17)8-16/h2-6H,7-8H2,1H3,(H,15,17). The van der Waals surface area contributed by atoms with Gasteiger partial charge in [0.15, 0.2) is 4.21 Å². The average Bonchev–Trinajstić information content (AvgIpc) is 2.79. The quantitative estimate of drug-likeness (QED) is 0.910. The molecule has 0 spiro atoms. The van der Waals surface area contributed by atoms with Gasteiger partial charge < -0.3 is 5.32 Å². The second-order valence-electron chi connectivity index (χ2n) is 4.68. The maximum atomic E-state index is 12.6. The summed E-state index contributed by atoms with van der Waals surface area (Å²) in [6.45, 7) is 1.70. The minimum absolute atomic E-state index is 0.159. The van der Waals surface area contributed by atoms with Crippen LogP contribution < -0.4 is 5.32 Å². The Hall–Kier alpha value is -1.77. The number of anilines is 1. The van der Waals surface area contributed by atoms with Crippen LogP contribution in [0.15, 0.2) is 34.7 Å². The fourth-order valence-electron chi connectivity index (χ4n) is 2.13. The van der Waals surface area contributed by atoms with E-state index in [-0.39, 0.29) is 23.2 Å². The smallest absolute Gasteiger partial charge is 0.254 e. The second-order valence-corrected chi connectivity index (χ2v) is 8.08. The van der Waals surface area contributed by atoms with Crippen molar-refractivity contribution in [3.63, 3.8) is 0 Å². The van der Waals surface area contributed by atoms with Crippen LogP contribution in [0.5, 0.6) is 0 Å². The predicted octanol–water partition coefficient (Wildman–Crippen LogP) is 1.59. The van der Waals surface area contributed by atoms with Gasteiger partial charge in [0.1, 0.15) is 0 Å². The summed E-state index contributed by atoms with van der Waals surface area (Å²) >= 11 is 1.11. The summed E-state index contributed by atoms with van der Waals surface area (Å²) in [7, 11) is -3.71. The van der Waals surface area contributed by atoms with Crippen molar-refractivity contribution < 1.29 is 13.2 Å². The second kappa shape index (κ2) is 5.21.